The monoisotopic (exact) mass is 504 g/mol. The van der Waals surface area contributed by atoms with Crippen LogP contribution in [0.1, 0.15) is 50.2 Å². The van der Waals surface area contributed by atoms with E-state index in [9.17, 15) is 9.59 Å². The van der Waals surface area contributed by atoms with Crippen LogP contribution in [0.2, 0.25) is 0 Å². The molecule has 196 valence electrons. The number of carbonyl (C=O) groups is 2. The Morgan fingerprint density at radius 2 is 1.62 bits per heavy atom. The van der Waals surface area contributed by atoms with Crippen molar-refractivity contribution in [3.8, 4) is 22.8 Å². The van der Waals surface area contributed by atoms with Crippen LogP contribution < -0.4 is 10.6 Å². The SMILES string of the molecule is CC(=O)Nc1ccc(-c2oc(-c3ccc(C(C)(C)C)cc3)nc2C(=O)NCCCN2CCOCC2)cc1. The zero-order chi connectivity index (χ0) is 26.4. The molecule has 1 aromatic heterocycles. The van der Waals surface area contributed by atoms with Gasteiger partial charge in [-0.05, 0) is 60.3 Å². The van der Waals surface area contributed by atoms with Crippen LogP contribution in [0.4, 0.5) is 5.69 Å². The van der Waals surface area contributed by atoms with E-state index in [-0.39, 0.29) is 22.9 Å². The number of anilines is 1. The fourth-order valence-electron chi connectivity index (χ4n) is 4.23. The summed E-state index contributed by atoms with van der Waals surface area (Å²) in [5.74, 6) is 0.365. The summed E-state index contributed by atoms with van der Waals surface area (Å²) in [5, 5.41) is 5.76. The smallest absolute Gasteiger partial charge is 0.273 e. The lowest BCUT2D eigenvalue weighted by molar-refractivity contribution is -0.114. The summed E-state index contributed by atoms with van der Waals surface area (Å²) in [4.78, 5) is 31.5. The highest BCUT2D eigenvalue weighted by molar-refractivity contribution is 5.98. The lowest BCUT2D eigenvalue weighted by atomic mass is 9.87. The maximum atomic E-state index is 13.2. The molecule has 2 heterocycles. The molecule has 2 amide bonds. The van der Waals surface area contributed by atoms with Crippen LogP contribution in [0, 0.1) is 0 Å². The van der Waals surface area contributed by atoms with Gasteiger partial charge in [-0.15, -0.1) is 0 Å². The molecule has 0 spiro atoms. The molecule has 0 saturated carbocycles. The molecule has 0 unspecified atom stereocenters. The Morgan fingerprint density at radius 1 is 0.973 bits per heavy atom. The second kappa shape index (κ2) is 11.7. The van der Waals surface area contributed by atoms with Gasteiger partial charge in [0.25, 0.3) is 5.91 Å². The Bertz CT molecular complexity index is 1200. The van der Waals surface area contributed by atoms with Crippen molar-refractivity contribution in [1.82, 2.24) is 15.2 Å². The second-order valence-corrected chi connectivity index (χ2v) is 10.3. The van der Waals surface area contributed by atoms with Gasteiger partial charge in [-0.2, -0.15) is 0 Å². The molecular formula is C29H36N4O4. The molecule has 0 aliphatic carbocycles. The third-order valence-electron chi connectivity index (χ3n) is 6.35. The number of hydrogen-bond acceptors (Lipinski definition) is 6. The van der Waals surface area contributed by atoms with Crippen LogP contribution >= 0.6 is 0 Å². The Kier molecular flexibility index (Phi) is 8.41. The summed E-state index contributed by atoms with van der Waals surface area (Å²) in [6.45, 7) is 12.8. The molecule has 37 heavy (non-hydrogen) atoms. The lowest BCUT2D eigenvalue weighted by Gasteiger charge is -2.26. The number of nitrogens with one attached hydrogen (secondary N) is 2. The van der Waals surface area contributed by atoms with Crippen molar-refractivity contribution < 1.29 is 18.7 Å². The van der Waals surface area contributed by atoms with Crippen molar-refractivity contribution in [2.75, 3.05) is 44.7 Å². The quantitative estimate of drug-likeness (QED) is 0.431. The fourth-order valence-corrected chi connectivity index (χ4v) is 4.23. The first-order chi connectivity index (χ1) is 17.7. The van der Waals surface area contributed by atoms with Crippen molar-refractivity contribution in [3.05, 3.63) is 59.8 Å². The first-order valence-electron chi connectivity index (χ1n) is 12.8. The summed E-state index contributed by atoms with van der Waals surface area (Å²) >= 11 is 0. The van der Waals surface area contributed by atoms with Gasteiger partial charge < -0.3 is 19.8 Å². The number of benzene rings is 2. The number of ether oxygens (including phenoxy) is 1. The first-order valence-corrected chi connectivity index (χ1v) is 12.8. The third kappa shape index (κ3) is 7.05. The predicted molar refractivity (Wildman–Crippen MR) is 145 cm³/mol. The zero-order valence-corrected chi connectivity index (χ0v) is 22.1. The molecule has 0 atom stereocenters. The van der Waals surface area contributed by atoms with Gasteiger partial charge in [-0.25, -0.2) is 4.98 Å². The summed E-state index contributed by atoms with van der Waals surface area (Å²) in [6.07, 6.45) is 0.839. The van der Waals surface area contributed by atoms with Crippen molar-refractivity contribution >= 4 is 17.5 Å². The van der Waals surface area contributed by atoms with Crippen LogP contribution in [0.5, 0.6) is 0 Å². The van der Waals surface area contributed by atoms with Gasteiger partial charge in [-0.1, -0.05) is 32.9 Å². The molecule has 8 heteroatoms. The standard InChI is InChI=1S/C29H36N4O4/c1-20(34)31-24-12-8-21(9-13-24)26-25(27(35)30-14-5-15-33-16-18-36-19-17-33)32-28(37-26)22-6-10-23(11-7-22)29(2,3)4/h6-13H,5,14-19H2,1-4H3,(H,30,35)(H,31,34). The molecular weight excluding hydrogens is 468 g/mol. The summed E-state index contributed by atoms with van der Waals surface area (Å²) in [7, 11) is 0. The highest BCUT2D eigenvalue weighted by atomic mass is 16.5. The highest BCUT2D eigenvalue weighted by Gasteiger charge is 2.23. The first kappa shape index (κ1) is 26.6. The van der Waals surface area contributed by atoms with E-state index in [1.807, 2.05) is 24.3 Å². The number of hydrogen-bond donors (Lipinski definition) is 2. The van der Waals surface area contributed by atoms with Gasteiger partial charge in [0, 0.05) is 43.4 Å². The van der Waals surface area contributed by atoms with Crippen molar-refractivity contribution in [1.29, 1.82) is 0 Å². The Labute approximate surface area is 218 Å². The molecule has 1 aliphatic heterocycles. The van der Waals surface area contributed by atoms with E-state index in [4.69, 9.17) is 9.15 Å². The van der Waals surface area contributed by atoms with E-state index in [0.717, 1.165) is 44.8 Å². The van der Waals surface area contributed by atoms with Gasteiger partial charge in [-0.3, -0.25) is 14.5 Å². The van der Waals surface area contributed by atoms with E-state index < -0.39 is 0 Å². The van der Waals surface area contributed by atoms with Gasteiger partial charge in [0.15, 0.2) is 11.5 Å². The van der Waals surface area contributed by atoms with E-state index in [0.29, 0.717) is 29.4 Å². The number of morpholine rings is 1. The Hall–Kier alpha value is -3.49. The highest BCUT2D eigenvalue weighted by Crippen LogP contribution is 2.32. The van der Waals surface area contributed by atoms with Gasteiger partial charge >= 0.3 is 0 Å². The molecule has 4 rings (SSSR count). The summed E-state index contributed by atoms with van der Waals surface area (Å²) in [6, 6.07) is 15.3. The third-order valence-corrected chi connectivity index (χ3v) is 6.35. The summed E-state index contributed by atoms with van der Waals surface area (Å²) in [5.41, 5.74) is 3.65. The molecule has 1 aliphatic rings. The van der Waals surface area contributed by atoms with Crippen LogP contribution in [0.15, 0.2) is 52.9 Å². The molecule has 2 N–H and O–H groups in total. The minimum absolute atomic E-state index is 0.0300. The van der Waals surface area contributed by atoms with Crippen LogP contribution in [0.25, 0.3) is 22.8 Å². The Balaban J connectivity index is 1.55. The summed E-state index contributed by atoms with van der Waals surface area (Å²) < 4.78 is 11.6. The molecule has 1 saturated heterocycles. The zero-order valence-electron chi connectivity index (χ0n) is 22.1. The van der Waals surface area contributed by atoms with E-state index in [2.05, 4.69) is 53.4 Å². The van der Waals surface area contributed by atoms with Crippen molar-refractivity contribution in [3.63, 3.8) is 0 Å². The van der Waals surface area contributed by atoms with Crippen LogP contribution in [-0.4, -0.2) is 61.1 Å². The van der Waals surface area contributed by atoms with E-state index >= 15 is 0 Å². The number of carbonyl (C=O) groups excluding carboxylic acids is 2. The number of rotatable bonds is 8. The van der Waals surface area contributed by atoms with Crippen molar-refractivity contribution in [2.45, 2.75) is 39.5 Å². The van der Waals surface area contributed by atoms with E-state index in [1.54, 1.807) is 12.1 Å². The maximum Gasteiger partial charge on any atom is 0.273 e. The number of oxazole rings is 1. The van der Waals surface area contributed by atoms with E-state index in [1.165, 1.54) is 12.5 Å². The minimum atomic E-state index is -0.274. The normalized spacial score (nSPS) is 14.4. The topological polar surface area (TPSA) is 96.7 Å². The number of nitrogens with zero attached hydrogens (tertiary/aromatic N) is 2. The van der Waals surface area contributed by atoms with Gasteiger partial charge in [0.2, 0.25) is 11.8 Å². The predicted octanol–water partition coefficient (Wildman–Crippen LogP) is 4.72. The number of aromatic nitrogens is 1. The molecule has 0 bridgehead atoms. The fraction of sp³-hybridized carbons (Fsp3) is 0.414. The average molecular weight is 505 g/mol. The second-order valence-electron chi connectivity index (χ2n) is 10.3. The molecule has 3 aromatic rings. The average Bonchev–Trinajstić information content (AvgIpc) is 3.32. The lowest BCUT2D eigenvalue weighted by Crippen LogP contribution is -2.38. The van der Waals surface area contributed by atoms with Crippen LogP contribution in [0.3, 0.4) is 0 Å². The molecule has 0 radical (unpaired) electrons. The van der Waals surface area contributed by atoms with Crippen molar-refractivity contribution in [2.24, 2.45) is 0 Å². The molecule has 2 aromatic carbocycles. The minimum Gasteiger partial charge on any atom is -0.435 e. The van der Waals surface area contributed by atoms with Crippen LogP contribution in [-0.2, 0) is 14.9 Å². The molecule has 1 fully saturated rings. The van der Waals surface area contributed by atoms with Gasteiger partial charge in [0.1, 0.15) is 0 Å². The maximum absolute atomic E-state index is 13.2. The Morgan fingerprint density at radius 3 is 2.24 bits per heavy atom. The largest absolute Gasteiger partial charge is 0.435 e. The number of amides is 2. The molecule has 8 nitrogen and oxygen atoms in total. The van der Waals surface area contributed by atoms with Gasteiger partial charge in [0.05, 0.1) is 13.2 Å².